The second kappa shape index (κ2) is 4.07. The molecule has 0 bridgehead atoms. The van der Waals surface area contributed by atoms with Crippen molar-refractivity contribution in [1.29, 1.82) is 0 Å². The number of carbonyl (C=O) groups excluding carboxylic acids is 1. The largest absolute Gasteiger partial charge is 0.420 e. The van der Waals surface area contributed by atoms with Gasteiger partial charge in [0.15, 0.2) is 5.58 Å². The third-order valence-electron chi connectivity index (χ3n) is 2.35. The lowest BCUT2D eigenvalue weighted by Gasteiger charge is -1.99. The fourth-order valence-electron chi connectivity index (χ4n) is 1.60. The van der Waals surface area contributed by atoms with Crippen molar-refractivity contribution in [1.82, 2.24) is 4.57 Å². The lowest BCUT2D eigenvalue weighted by molar-refractivity contribution is -0.117. The summed E-state index contributed by atoms with van der Waals surface area (Å²) in [5.41, 5.74) is 0.426. The number of carbonyl (C=O) groups is 1. The van der Waals surface area contributed by atoms with E-state index in [1.807, 2.05) is 0 Å². The van der Waals surface area contributed by atoms with E-state index in [0.29, 0.717) is 5.52 Å². The molecule has 7 nitrogen and oxygen atoms in total. The monoisotopic (exact) mass is 270 g/mol. The van der Waals surface area contributed by atoms with E-state index in [1.165, 1.54) is 19.1 Å². The zero-order valence-corrected chi connectivity index (χ0v) is 10.2. The van der Waals surface area contributed by atoms with Gasteiger partial charge in [-0.05, 0) is 19.1 Å². The van der Waals surface area contributed by atoms with Crippen LogP contribution in [0.1, 0.15) is 6.92 Å². The van der Waals surface area contributed by atoms with E-state index in [9.17, 15) is 18.0 Å². The second-order valence-electron chi connectivity index (χ2n) is 3.83. The minimum atomic E-state index is -3.86. The molecule has 2 rings (SSSR count). The van der Waals surface area contributed by atoms with Gasteiger partial charge < -0.3 is 4.42 Å². The van der Waals surface area contributed by atoms with Gasteiger partial charge in [0.05, 0.1) is 17.0 Å². The number of hydrogen-bond acceptors (Lipinski definition) is 5. The fraction of sp³-hybridized carbons (Fsp3) is 0.200. The van der Waals surface area contributed by atoms with Crippen LogP contribution in [-0.4, -0.2) is 18.8 Å². The summed E-state index contributed by atoms with van der Waals surface area (Å²) < 4.78 is 28.3. The van der Waals surface area contributed by atoms with Crippen LogP contribution in [0.15, 0.2) is 32.3 Å². The number of nitrogens with two attached hydrogens (primary N) is 1. The Morgan fingerprint density at radius 1 is 1.44 bits per heavy atom. The number of nitrogens with zero attached hydrogens (tertiary/aromatic N) is 1. The smallest absolute Gasteiger partial charge is 0.408 e. The zero-order chi connectivity index (χ0) is 13.5. The molecule has 96 valence electrons. The van der Waals surface area contributed by atoms with Crippen molar-refractivity contribution >= 4 is 26.9 Å². The van der Waals surface area contributed by atoms with Gasteiger partial charge in [-0.1, -0.05) is 0 Å². The summed E-state index contributed by atoms with van der Waals surface area (Å²) in [7, 11) is -3.86. The van der Waals surface area contributed by atoms with Crippen molar-refractivity contribution in [3.05, 3.63) is 28.7 Å². The van der Waals surface area contributed by atoms with Crippen LogP contribution in [0.2, 0.25) is 0 Å². The summed E-state index contributed by atoms with van der Waals surface area (Å²) in [4.78, 5) is 22.4. The molecule has 0 radical (unpaired) electrons. The van der Waals surface area contributed by atoms with Crippen molar-refractivity contribution in [2.75, 3.05) is 0 Å². The van der Waals surface area contributed by atoms with Crippen molar-refractivity contribution in [3.8, 4) is 0 Å². The Kier molecular flexibility index (Phi) is 2.83. The number of aromatic nitrogens is 1. The van der Waals surface area contributed by atoms with Gasteiger partial charge in [0.1, 0.15) is 5.78 Å². The first-order valence-corrected chi connectivity index (χ1v) is 6.49. The molecule has 2 N–H and O–H groups in total. The quantitative estimate of drug-likeness (QED) is 0.832. The Hall–Kier alpha value is -1.93. The van der Waals surface area contributed by atoms with Crippen molar-refractivity contribution in [3.63, 3.8) is 0 Å². The van der Waals surface area contributed by atoms with Gasteiger partial charge in [-0.25, -0.2) is 18.4 Å². The molecule has 0 saturated heterocycles. The first kappa shape index (κ1) is 12.5. The standard InChI is InChI=1S/C10H10N2O5S/c1-6(13)5-12-8-3-2-7(18(11,15)16)4-9(8)17-10(12)14/h2-4H,5H2,1H3,(H2,11,15,16). The third kappa shape index (κ3) is 2.20. The number of benzene rings is 1. The van der Waals surface area contributed by atoms with Crippen molar-refractivity contribution in [2.24, 2.45) is 5.14 Å². The topological polar surface area (TPSA) is 112 Å². The number of sulfonamides is 1. The predicted molar refractivity (Wildman–Crippen MR) is 62.5 cm³/mol. The number of hydrogen-bond donors (Lipinski definition) is 1. The minimum Gasteiger partial charge on any atom is -0.408 e. The van der Waals surface area contributed by atoms with Crippen LogP contribution >= 0.6 is 0 Å². The highest BCUT2D eigenvalue weighted by atomic mass is 32.2. The third-order valence-corrected chi connectivity index (χ3v) is 3.26. The first-order valence-electron chi connectivity index (χ1n) is 4.94. The minimum absolute atomic E-state index is 0.0766. The van der Waals surface area contributed by atoms with E-state index in [-0.39, 0.29) is 22.8 Å². The molecule has 18 heavy (non-hydrogen) atoms. The van der Waals surface area contributed by atoms with Crippen LogP contribution in [-0.2, 0) is 21.4 Å². The molecule has 1 heterocycles. The Morgan fingerprint density at radius 2 is 2.11 bits per heavy atom. The van der Waals surface area contributed by atoms with E-state index >= 15 is 0 Å². The molecular weight excluding hydrogens is 260 g/mol. The average molecular weight is 270 g/mol. The summed E-state index contributed by atoms with van der Waals surface area (Å²) >= 11 is 0. The van der Waals surface area contributed by atoms with E-state index in [0.717, 1.165) is 10.6 Å². The van der Waals surface area contributed by atoms with Gasteiger partial charge in [-0.3, -0.25) is 9.36 Å². The zero-order valence-electron chi connectivity index (χ0n) is 9.41. The van der Waals surface area contributed by atoms with Gasteiger partial charge in [-0.15, -0.1) is 0 Å². The molecule has 2 aromatic rings. The predicted octanol–water partition coefficient (Wildman–Crippen LogP) is -0.169. The summed E-state index contributed by atoms with van der Waals surface area (Å²) in [6.07, 6.45) is 0. The number of primary sulfonamides is 1. The maximum atomic E-state index is 11.5. The molecule has 0 spiro atoms. The summed E-state index contributed by atoms with van der Waals surface area (Å²) in [6.45, 7) is 1.21. The molecule has 1 aromatic heterocycles. The maximum Gasteiger partial charge on any atom is 0.420 e. The summed E-state index contributed by atoms with van der Waals surface area (Å²) in [5, 5.41) is 4.96. The summed E-state index contributed by atoms with van der Waals surface area (Å²) in [5.74, 6) is -0.929. The second-order valence-corrected chi connectivity index (χ2v) is 5.39. The first-order chi connectivity index (χ1) is 8.29. The van der Waals surface area contributed by atoms with Gasteiger partial charge in [0, 0.05) is 6.07 Å². The highest BCUT2D eigenvalue weighted by molar-refractivity contribution is 7.89. The van der Waals surface area contributed by atoms with E-state index in [4.69, 9.17) is 9.56 Å². The van der Waals surface area contributed by atoms with Crippen LogP contribution in [0.25, 0.3) is 11.1 Å². The molecule has 0 saturated carbocycles. The van der Waals surface area contributed by atoms with E-state index in [1.54, 1.807) is 0 Å². The lowest BCUT2D eigenvalue weighted by atomic mass is 10.3. The van der Waals surface area contributed by atoms with Crippen LogP contribution in [0, 0.1) is 0 Å². The lowest BCUT2D eigenvalue weighted by Crippen LogP contribution is -2.18. The Balaban J connectivity index is 2.69. The van der Waals surface area contributed by atoms with E-state index in [2.05, 4.69) is 0 Å². The molecule has 0 aliphatic heterocycles. The molecule has 0 fully saturated rings. The van der Waals surface area contributed by atoms with Crippen LogP contribution in [0.3, 0.4) is 0 Å². The molecule has 0 unspecified atom stereocenters. The number of ketones is 1. The van der Waals surface area contributed by atoms with Gasteiger partial charge in [0.2, 0.25) is 10.0 Å². The molecular formula is C10H10N2O5S. The van der Waals surface area contributed by atoms with Crippen LogP contribution < -0.4 is 10.9 Å². The van der Waals surface area contributed by atoms with Gasteiger partial charge in [0.25, 0.3) is 0 Å². The van der Waals surface area contributed by atoms with Gasteiger partial charge >= 0.3 is 5.76 Å². The molecule has 0 amide bonds. The molecule has 0 aliphatic rings. The Morgan fingerprint density at radius 3 is 2.67 bits per heavy atom. The van der Waals surface area contributed by atoms with Crippen molar-refractivity contribution in [2.45, 2.75) is 18.4 Å². The Bertz CT molecular complexity index is 784. The van der Waals surface area contributed by atoms with Gasteiger partial charge in [-0.2, -0.15) is 0 Å². The average Bonchev–Trinajstić information content (AvgIpc) is 2.53. The molecule has 1 aromatic carbocycles. The van der Waals surface area contributed by atoms with Crippen LogP contribution in [0.5, 0.6) is 0 Å². The van der Waals surface area contributed by atoms with Crippen LogP contribution in [0.4, 0.5) is 0 Å². The van der Waals surface area contributed by atoms with E-state index < -0.39 is 15.8 Å². The molecule has 0 aliphatic carbocycles. The SMILES string of the molecule is CC(=O)Cn1c(=O)oc2cc(S(N)(=O)=O)ccc21. The Labute approximate surface area is 102 Å². The summed E-state index contributed by atoms with van der Waals surface area (Å²) in [6, 6.07) is 3.79. The number of oxazole rings is 1. The number of rotatable bonds is 3. The normalized spacial score (nSPS) is 11.9. The highest BCUT2D eigenvalue weighted by Crippen LogP contribution is 2.17. The number of Topliss-reactive ketones (excluding diaryl/α,β-unsaturated/α-hetero) is 1. The molecule has 0 atom stereocenters. The fourth-order valence-corrected chi connectivity index (χ4v) is 2.13. The molecule has 8 heteroatoms. The maximum absolute atomic E-state index is 11.5. The number of fused-ring (bicyclic) bond motifs is 1. The van der Waals surface area contributed by atoms with Crippen molar-refractivity contribution < 1.29 is 17.6 Å². The highest BCUT2D eigenvalue weighted by Gasteiger charge is 2.14.